The highest BCUT2D eigenvalue weighted by Gasteiger charge is 2.39. The van der Waals surface area contributed by atoms with Gasteiger partial charge in [0.25, 0.3) is 5.70 Å². The summed E-state index contributed by atoms with van der Waals surface area (Å²) in [4.78, 5) is 5.95. The zero-order valence-electron chi connectivity index (χ0n) is 21.0. The summed E-state index contributed by atoms with van der Waals surface area (Å²) in [5.41, 5.74) is 7.11. The molecule has 0 radical (unpaired) electrons. The van der Waals surface area contributed by atoms with Crippen LogP contribution in [0.1, 0.15) is 70.6 Å². The van der Waals surface area contributed by atoms with Crippen LogP contribution in [-0.2, 0) is 15.6 Å². The van der Waals surface area contributed by atoms with E-state index < -0.39 is 0 Å². The molecule has 3 aliphatic rings. The lowest BCUT2D eigenvalue weighted by Crippen LogP contribution is -2.44. The number of nitriles is 1. The third kappa shape index (κ3) is 4.22. The maximum Gasteiger partial charge on any atom is 0.269 e. The first-order valence-electron chi connectivity index (χ1n) is 12.0. The molecule has 3 heterocycles. The van der Waals surface area contributed by atoms with E-state index in [-0.39, 0.29) is 16.5 Å². The van der Waals surface area contributed by atoms with Gasteiger partial charge in [0.1, 0.15) is 11.5 Å². The molecule has 34 heavy (non-hydrogen) atoms. The van der Waals surface area contributed by atoms with Crippen LogP contribution < -0.4 is 4.90 Å². The Kier molecular flexibility index (Phi) is 6.05. The molecular weight excluding hydrogens is 418 g/mol. The molecule has 174 valence electrons. The van der Waals surface area contributed by atoms with Crippen molar-refractivity contribution in [2.75, 3.05) is 18.0 Å². The van der Waals surface area contributed by atoms with Crippen LogP contribution >= 0.6 is 0 Å². The minimum Gasteiger partial charge on any atom is -0.457 e. The summed E-state index contributed by atoms with van der Waals surface area (Å²) in [6, 6.07) is 6.64. The summed E-state index contributed by atoms with van der Waals surface area (Å²) in [5, 5.41) is 9.38. The monoisotopic (exact) mass is 451 g/mol. The normalized spacial score (nSPS) is 21.4. The molecule has 0 saturated heterocycles. The van der Waals surface area contributed by atoms with Crippen molar-refractivity contribution in [3.63, 3.8) is 0 Å². The van der Waals surface area contributed by atoms with Crippen molar-refractivity contribution in [3.05, 3.63) is 93.4 Å². The standard InChI is InChI=1S/C30H33N3O/c1-8-20(2)27-18-22(26(19-31)32-7)17-23(34-27)10-9-21-15-24-28-25(16-21)30(5,6)12-14-33(28)13-11-29(24,3)4/h9-10,15-18H,2,8,11-14H2,1,3-6H3/b10-9+,26-22-. The lowest BCUT2D eigenvalue weighted by atomic mass is 9.69. The highest BCUT2D eigenvalue weighted by Crippen LogP contribution is 2.49. The highest BCUT2D eigenvalue weighted by molar-refractivity contribution is 5.72. The van der Waals surface area contributed by atoms with Crippen molar-refractivity contribution < 1.29 is 4.74 Å². The first kappa shape index (κ1) is 23.7. The Bertz CT molecular complexity index is 1200. The third-order valence-electron chi connectivity index (χ3n) is 7.44. The van der Waals surface area contributed by atoms with Crippen molar-refractivity contribution in [1.29, 1.82) is 5.26 Å². The fraction of sp³-hybridized carbons (Fsp3) is 0.400. The zero-order valence-corrected chi connectivity index (χ0v) is 21.0. The van der Waals surface area contributed by atoms with Crippen molar-refractivity contribution >= 4 is 11.8 Å². The lowest BCUT2D eigenvalue weighted by Gasteiger charge is -2.48. The van der Waals surface area contributed by atoms with Gasteiger partial charge in [-0.1, -0.05) is 47.3 Å². The Morgan fingerprint density at radius 3 is 2.29 bits per heavy atom. The number of hydrogen-bond donors (Lipinski definition) is 0. The van der Waals surface area contributed by atoms with E-state index in [0.717, 1.165) is 43.5 Å². The maximum atomic E-state index is 9.38. The Morgan fingerprint density at radius 2 is 1.76 bits per heavy atom. The molecule has 0 N–H and O–H groups in total. The average molecular weight is 452 g/mol. The summed E-state index contributed by atoms with van der Waals surface area (Å²) >= 11 is 0. The lowest BCUT2D eigenvalue weighted by molar-refractivity contribution is 0.323. The molecule has 0 amide bonds. The SMILES string of the molecule is [C-]#[N+]/C(C#N)=C1C=C(/C=C/c2cc3c4c(c2)C(C)(C)CCN4CCC3(C)C)OC(C(=C)CC)=C/1. The Hall–Kier alpha value is -3.50. The van der Waals surface area contributed by atoms with Crippen LogP contribution in [-0.4, -0.2) is 13.1 Å². The van der Waals surface area contributed by atoms with Crippen molar-refractivity contribution in [2.24, 2.45) is 0 Å². The van der Waals surface area contributed by atoms with Gasteiger partial charge in [-0.05, 0) is 88.3 Å². The van der Waals surface area contributed by atoms with E-state index in [4.69, 9.17) is 11.3 Å². The Morgan fingerprint density at radius 1 is 1.15 bits per heavy atom. The van der Waals surface area contributed by atoms with E-state index in [1.807, 2.05) is 19.1 Å². The predicted molar refractivity (Wildman–Crippen MR) is 139 cm³/mol. The van der Waals surface area contributed by atoms with E-state index in [9.17, 15) is 5.26 Å². The van der Waals surface area contributed by atoms with Gasteiger partial charge in [0.05, 0.1) is 12.6 Å². The van der Waals surface area contributed by atoms with E-state index in [1.165, 1.54) is 16.8 Å². The predicted octanol–water partition coefficient (Wildman–Crippen LogP) is 7.33. The van der Waals surface area contributed by atoms with Crippen LogP contribution in [0.3, 0.4) is 0 Å². The molecule has 3 aliphatic heterocycles. The van der Waals surface area contributed by atoms with Crippen LogP contribution in [0.5, 0.6) is 0 Å². The molecule has 0 aromatic heterocycles. The van der Waals surface area contributed by atoms with Gasteiger partial charge >= 0.3 is 0 Å². The molecule has 0 aliphatic carbocycles. The van der Waals surface area contributed by atoms with Gasteiger partial charge in [0.15, 0.2) is 0 Å². The number of allylic oxidation sites excluding steroid dienone is 6. The topological polar surface area (TPSA) is 40.6 Å². The molecular formula is C30H33N3O. The number of benzene rings is 1. The summed E-state index contributed by atoms with van der Waals surface area (Å²) < 4.78 is 6.09. The fourth-order valence-corrected chi connectivity index (χ4v) is 4.98. The van der Waals surface area contributed by atoms with Gasteiger partial charge in [0, 0.05) is 18.8 Å². The molecule has 4 heteroatoms. The van der Waals surface area contributed by atoms with E-state index >= 15 is 0 Å². The second-order valence-corrected chi connectivity index (χ2v) is 10.7. The van der Waals surface area contributed by atoms with Crippen LogP contribution in [0.4, 0.5) is 5.69 Å². The zero-order chi connectivity index (χ0) is 24.7. The number of anilines is 1. The van der Waals surface area contributed by atoms with Crippen molar-refractivity contribution in [1.82, 2.24) is 0 Å². The van der Waals surface area contributed by atoms with Crippen LogP contribution in [0, 0.1) is 17.9 Å². The van der Waals surface area contributed by atoms with Crippen molar-refractivity contribution in [2.45, 2.75) is 64.7 Å². The molecule has 0 atom stereocenters. The molecule has 0 saturated carbocycles. The highest BCUT2D eigenvalue weighted by atomic mass is 16.5. The molecule has 0 fully saturated rings. The van der Waals surface area contributed by atoms with Gasteiger partial charge in [-0.3, -0.25) is 0 Å². The molecule has 0 spiro atoms. The van der Waals surface area contributed by atoms with Crippen LogP contribution in [0.2, 0.25) is 0 Å². The Labute approximate surface area is 204 Å². The van der Waals surface area contributed by atoms with E-state index in [1.54, 1.807) is 12.2 Å². The molecule has 0 unspecified atom stereocenters. The summed E-state index contributed by atoms with van der Waals surface area (Å²) in [5.74, 6) is 1.21. The molecule has 0 bridgehead atoms. The van der Waals surface area contributed by atoms with Gasteiger partial charge in [-0.15, -0.1) is 0 Å². The largest absolute Gasteiger partial charge is 0.457 e. The summed E-state index contributed by atoms with van der Waals surface area (Å²) in [6.45, 7) is 25.1. The fourth-order valence-electron chi connectivity index (χ4n) is 4.98. The smallest absolute Gasteiger partial charge is 0.269 e. The number of nitrogens with zero attached hydrogens (tertiary/aromatic N) is 3. The van der Waals surface area contributed by atoms with Gasteiger partial charge in [0.2, 0.25) is 0 Å². The second kappa shape index (κ2) is 8.69. The second-order valence-electron chi connectivity index (χ2n) is 10.7. The summed E-state index contributed by atoms with van der Waals surface area (Å²) in [7, 11) is 0. The molecule has 1 aromatic rings. The first-order chi connectivity index (χ1) is 16.1. The number of rotatable bonds is 4. The van der Waals surface area contributed by atoms with Gasteiger partial charge in [-0.2, -0.15) is 0 Å². The van der Waals surface area contributed by atoms with E-state index in [2.05, 4.69) is 62.2 Å². The van der Waals surface area contributed by atoms with Gasteiger partial charge < -0.3 is 9.64 Å². The quantitative estimate of drug-likeness (QED) is 0.355. The summed E-state index contributed by atoms with van der Waals surface area (Å²) in [6.07, 6.45) is 10.5. The third-order valence-corrected chi connectivity index (χ3v) is 7.44. The van der Waals surface area contributed by atoms with Gasteiger partial charge in [-0.25, -0.2) is 10.1 Å². The van der Waals surface area contributed by atoms with E-state index in [0.29, 0.717) is 17.1 Å². The molecule has 4 rings (SSSR count). The minimum absolute atomic E-state index is 0.0532. The molecule has 1 aromatic carbocycles. The minimum atomic E-state index is 0.0532. The number of hydrogen-bond acceptors (Lipinski definition) is 3. The Balaban J connectivity index is 1.78. The van der Waals surface area contributed by atoms with Crippen LogP contribution in [0.25, 0.3) is 10.9 Å². The average Bonchev–Trinajstić information content (AvgIpc) is 2.81. The maximum absolute atomic E-state index is 9.38. The van der Waals surface area contributed by atoms with Crippen molar-refractivity contribution in [3.8, 4) is 6.07 Å². The number of ether oxygens (including phenoxy) is 1. The van der Waals surface area contributed by atoms with Crippen LogP contribution in [0.15, 0.2) is 65.3 Å². The first-order valence-corrected chi connectivity index (χ1v) is 12.0. The molecule has 4 nitrogen and oxygen atoms in total.